The largest absolute Gasteiger partial charge is 0.488 e. The van der Waals surface area contributed by atoms with E-state index < -0.39 is 5.41 Å². The fraction of sp³-hybridized carbons (Fsp3) is 0.562. The Kier molecular flexibility index (Phi) is 2.83. The zero-order valence-corrected chi connectivity index (χ0v) is 12.5. The number of benzene rings is 1. The van der Waals surface area contributed by atoms with Crippen molar-refractivity contribution in [2.45, 2.75) is 51.6 Å². The SMILES string of the molecule is CC[C@@H]1c2cc(C)c3c(c2O[C@H]1CN)C(C)(C)C(=O)N3. The molecule has 2 aliphatic heterocycles. The Hall–Kier alpha value is -1.55. The fourth-order valence-electron chi connectivity index (χ4n) is 3.50. The molecule has 2 aliphatic rings. The first kappa shape index (κ1) is 13.4. The molecule has 4 heteroatoms. The molecule has 0 aliphatic carbocycles. The minimum Gasteiger partial charge on any atom is -0.488 e. The molecule has 0 unspecified atom stereocenters. The predicted molar refractivity (Wildman–Crippen MR) is 79.3 cm³/mol. The number of aryl methyl sites for hydroxylation is 1. The van der Waals surface area contributed by atoms with E-state index in [1.54, 1.807) is 0 Å². The van der Waals surface area contributed by atoms with Gasteiger partial charge in [0.2, 0.25) is 5.91 Å². The Labute approximate surface area is 119 Å². The lowest BCUT2D eigenvalue weighted by Crippen LogP contribution is -2.29. The summed E-state index contributed by atoms with van der Waals surface area (Å²) in [5.41, 5.74) is 9.55. The van der Waals surface area contributed by atoms with Gasteiger partial charge < -0.3 is 15.8 Å². The Morgan fingerprint density at radius 2 is 2.15 bits per heavy atom. The molecule has 1 aromatic rings. The third-order valence-electron chi connectivity index (χ3n) is 4.73. The van der Waals surface area contributed by atoms with E-state index in [1.165, 1.54) is 5.56 Å². The second kappa shape index (κ2) is 4.22. The molecule has 0 bridgehead atoms. The van der Waals surface area contributed by atoms with Crippen LogP contribution in [-0.4, -0.2) is 18.6 Å². The van der Waals surface area contributed by atoms with Crippen LogP contribution in [0.5, 0.6) is 5.75 Å². The molecule has 0 saturated heterocycles. The van der Waals surface area contributed by atoms with Crippen LogP contribution in [0.4, 0.5) is 5.69 Å². The molecular formula is C16H22N2O2. The Bertz CT molecular complexity index is 593. The Morgan fingerprint density at radius 3 is 2.75 bits per heavy atom. The van der Waals surface area contributed by atoms with Crippen LogP contribution in [-0.2, 0) is 10.2 Å². The zero-order valence-electron chi connectivity index (χ0n) is 12.5. The van der Waals surface area contributed by atoms with Crippen LogP contribution in [0, 0.1) is 6.92 Å². The highest BCUT2D eigenvalue weighted by molar-refractivity contribution is 6.07. The molecule has 108 valence electrons. The van der Waals surface area contributed by atoms with Gasteiger partial charge in [-0.3, -0.25) is 4.79 Å². The summed E-state index contributed by atoms with van der Waals surface area (Å²) < 4.78 is 6.12. The molecule has 3 rings (SSSR count). The second-order valence-corrected chi connectivity index (χ2v) is 6.35. The number of nitrogens with two attached hydrogens (primary N) is 1. The molecule has 0 radical (unpaired) electrons. The number of carbonyl (C=O) groups is 1. The van der Waals surface area contributed by atoms with Gasteiger partial charge in [0.25, 0.3) is 0 Å². The van der Waals surface area contributed by atoms with Gasteiger partial charge in [0.05, 0.1) is 11.1 Å². The van der Waals surface area contributed by atoms with Gasteiger partial charge in [-0.05, 0) is 38.8 Å². The first-order valence-corrected chi connectivity index (χ1v) is 7.28. The number of rotatable bonds is 2. The smallest absolute Gasteiger partial charge is 0.234 e. The summed E-state index contributed by atoms with van der Waals surface area (Å²) in [5, 5.41) is 3.00. The minimum absolute atomic E-state index is 0.0207. The van der Waals surface area contributed by atoms with Crippen molar-refractivity contribution in [2.75, 3.05) is 11.9 Å². The molecule has 0 spiro atoms. The number of fused-ring (bicyclic) bond motifs is 3. The summed E-state index contributed by atoms with van der Waals surface area (Å²) in [6, 6.07) is 2.15. The number of amides is 1. The minimum atomic E-state index is -0.548. The molecular weight excluding hydrogens is 252 g/mol. The van der Waals surface area contributed by atoms with Crippen molar-refractivity contribution < 1.29 is 9.53 Å². The molecule has 0 saturated carbocycles. The number of ether oxygens (including phenoxy) is 1. The fourth-order valence-corrected chi connectivity index (χ4v) is 3.50. The van der Waals surface area contributed by atoms with E-state index in [2.05, 4.69) is 18.3 Å². The van der Waals surface area contributed by atoms with Gasteiger partial charge in [0, 0.05) is 23.6 Å². The third-order valence-corrected chi connectivity index (χ3v) is 4.73. The van der Waals surface area contributed by atoms with Crippen LogP contribution < -0.4 is 15.8 Å². The highest BCUT2D eigenvalue weighted by Crippen LogP contribution is 2.52. The van der Waals surface area contributed by atoms with Crippen molar-refractivity contribution in [1.82, 2.24) is 0 Å². The second-order valence-electron chi connectivity index (χ2n) is 6.35. The van der Waals surface area contributed by atoms with Crippen molar-refractivity contribution in [3.63, 3.8) is 0 Å². The summed E-state index contributed by atoms with van der Waals surface area (Å²) in [6.45, 7) is 8.61. The topological polar surface area (TPSA) is 64.3 Å². The standard InChI is InChI=1S/C16H22N2O2/c1-5-9-10-6-8(2)13-12(14(10)20-11(9)7-17)16(3,4)15(19)18-13/h6,9,11H,5,7,17H2,1-4H3,(H,18,19)/t9-,11+/m1/s1. The molecule has 1 aromatic carbocycles. The van der Waals surface area contributed by atoms with Gasteiger partial charge in [-0.15, -0.1) is 0 Å². The molecule has 0 aromatic heterocycles. The van der Waals surface area contributed by atoms with Gasteiger partial charge in [0.15, 0.2) is 0 Å². The first-order chi connectivity index (χ1) is 9.41. The van der Waals surface area contributed by atoms with Gasteiger partial charge in [0.1, 0.15) is 11.9 Å². The summed E-state index contributed by atoms with van der Waals surface area (Å²) >= 11 is 0. The summed E-state index contributed by atoms with van der Waals surface area (Å²) in [4.78, 5) is 12.2. The van der Waals surface area contributed by atoms with E-state index in [1.807, 2.05) is 20.8 Å². The Morgan fingerprint density at radius 1 is 1.45 bits per heavy atom. The van der Waals surface area contributed by atoms with Crippen LogP contribution in [0.15, 0.2) is 6.07 Å². The maximum atomic E-state index is 12.2. The summed E-state index contributed by atoms with van der Waals surface area (Å²) in [5.74, 6) is 1.25. The number of carbonyl (C=O) groups excluding carboxylic acids is 1. The van der Waals surface area contributed by atoms with E-state index in [-0.39, 0.29) is 12.0 Å². The average molecular weight is 274 g/mol. The average Bonchev–Trinajstić information content (AvgIpc) is 2.86. The van der Waals surface area contributed by atoms with Crippen molar-refractivity contribution in [1.29, 1.82) is 0 Å². The highest BCUT2D eigenvalue weighted by atomic mass is 16.5. The van der Waals surface area contributed by atoms with Gasteiger partial charge >= 0.3 is 0 Å². The van der Waals surface area contributed by atoms with Crippen LogP contribution in [0.1, 0.15) is 49.8 Å². The monoisotopic (exact) mass is 274 g/mol. The molecule has 0 fully saturated rings. The lowest BCUT2D eigenvalue weighted by atomic mass is 9.81. The molecule has 1 amide bonds. The summed E-state index contributed by atoms with van der Waals surface area (Å²) in [7, 11) is 0. The number of anilines is 1. The maximum absolute atomic E-state index is 12.2. The van der Waals surface area contributed by atoms with Crippen LogP contribution >= 0.6 is 0 Å². The quantitative estimate of drug-likeness (QED) is 0.870. The van der Waals surface area contributed by atoms with E-state index in [0.717, 1.165) is 29.0 Å². The third kappa shape index (κ3) is 1.54. The lowest BCUT2D eigenvalue weighted by Gasteiger charge is -2.19. The molecule has 2 atom stereocenters. The van der Waals surface area contributed by atoms with Crippen molar-refractivity contribution in [2.24, 2.45) is 5.73 Å². The van der Waals surface area contributed by atoms with E-state index in [0.29, 0.717) is 12.5 Å². The molecule has 2 heterocycles. The molecule has 4 nitrogen and oxygen atoms in total. The number of hydrogen-bond donors (Lipinski definition) is 2. The molecule has 20 heavy (non-hydrogen) atoms. The summed E-state index contributed by atoms with van der Waals surface area (Å²) in [6.07, 6.45) is 1.02. The maximum Gasteiger partial charge on any atom is 0.234 e. The van der Waals surface area contributed by atoms with E-state index in [9.17, 15) is 4.79 Å². The highest BCUT2D eigenvalue weighted by Gasteiger charge is 2.46. The molecule has 3 N–H and O–H groups in total. The van der Waals surface area contributed by atoms with Crippen LogP contribution in [0.3, 0.4) is 0 Å². The van der Waals surface area contributed by atoms with E-state index >= 15 is 0 Å². The van der Waals surface area contributed by atoms with Crippen molar-refractivity contribution in [3.8, 4) is 5.75 Å². The zero-order chi connectivity index (χ0) is 14.7. The van der Waals surface area contributed by atoms with Crippen molar-refractivity contribution in [3.05, 3.63) is 22.8 Å². The normalized spacial score (nSPS) is 25.9. The van der Waals surface area contributed by atoms with Crippen LogP contribution in [0.25, 0.3) is 0 Å². The number of hydrogen-bond acceptors (Lipinski definition) is 3. The predicted octanol–water partition coefficient (Wildman–Crippen LogP) is 2.44. The van der Waals surface area contributed by atoms with Gasteiger partial charge in [-0.1, -0.05) is 6.92 Å². The lowest BCUT2D eigenvalue weighted by molar-refractivity contribution is -0.119. The first-order valence-electron chi connectivity index (χ1n) is 7.28. The van der Waals surface area contributed by atoms with E-state index in [4.69, 9.17) is 10.5 Å². The van der Waals surface area contributed by atoms with Crippen LogP contribution in [0.2, 0.25) is 0 Å². The van der Waals surface area contributed by atoms with Crippen molar-refractivity contribution >= 4 is 11.6 Å². The number of nitrogens with one attached hydrogen (secondary N) is 1. The Balaban J connectivity index is 2.24. The van der Waals surface area contributed by atoms with Gasteiger partial charge in [-0.2, -0.15) is 0 Å². The van der Waals surface area contributed by atoms with Gasteiger partial charge in [-0.25, -0.2) is 0 Å².